The Kier molecular flexibility index (Phi) is 8.07. The first-order chi connectivity index (χ1) is 14.0. The van der Waals surface area contributed by atoms with E-state index in [0.29, 0.717) is 23.5 Å². The van der Waals surface area contributed by atoms with Crippen molar-refractivity contribution in [2.75, 3.05) is 21.3 Å². The molecule has 1 N–H and O–H groups in total. The van der Waals surface area contributed by atoms with Crippen LogP contribution in [0.3, 0.4) is 0 Å². The molecule has 0 saturated heterocycles. The van der Waals surface area contributed by atoms with E-state index in [4.69, 9.17) is 14.2 Å². The second-order valence-corrected chi connectivity index (χ2v) is 6.69. The molecular formula is C23H28O6. The van der Waals surface area contributed by atoms with Crippen molar-refractivity contribution in [1.82, 2.24) is 0 Å². The standard InChI is InChI=1S/C23H28O6/c1-5-6-7-9-16(24)21(15-12-13-18(27-2)20(14-15)29-4)23(26)22-17(25)10-8-11-19(22)28-3/h8,10-14,21,25H,5-7,9H2,1-4H3. The maximum Gasteiger partial charge on any atom is 0.185 e. The fourth-order valence-corrected chi connectivity index (χ4v) is 3.29. The molecule has 0 bridgehead atoms. The van der Waals surface area contributed by atoms with Crippen molar-refractivity contribution < 1.29 is 28.9 Å². The maximum absolute atomic E-state index is 13.4. The molecule has 0 radical (unpaired) electrons. The molecule has 0 aromatic heterocycles. The molecule has 0 aliphatic carbocycles. The summed E-state index contributed by atoms with van der Waals surface area (Å²) in [5.41, 5.74) is 0.484. The Bertz CT molecular complexity index is 858. The van der Waals surface area contributed by atoms with Gasteiger partial charge in [0.25, 0.3) is 0 Å². The van der Waals surface area contributed by atoms with Crippen LogP contribution in [-0.2, 0) is 4.79 Å². The summed E-state index contributed by atoms with van der Waals surface area (Å²) in [6.45, 7) is 2.05. The quantitative estimate of drug-likeness (QED) is 0.339. The highest BCUT2D eigenvalue weighted by Crippen LogP contribution is 2.37. The predicted octanol–water partition coefficient (Wildman–Crippen LogP) is 4.53. The van der Waals surface area contributed by atoms with Gasteiger partial charge in [-0.25, -0.2) is 0 Å². The van der Waals surface area contributed by atoms with Crippen molar-refractivity contribution in [3.8, 4) is 23.0 Å². The van der Waals surface area contributed by atoms with Gasteiger partial charge in [-0.2, -0.15) is 0 Å². The van der Waals surface area contributed by atoms with Crippen LogP contribution in [0.5, 0.6) is 23.0 Å². The number of carbonyl (C=O) groups is 2. The number of hydrogen-bond donors (Lipinski definition) is 1. The van der Waals surface area contributed by atoms with E-state index in [-0.39, 0.29) is 29.3 Å². The maximum atomic E-state index is 13.4. The number of ketones is 2. The highest BCUT2D eigenvalue weighted by Gasteiger charge is 2.33. The van der Waals surface area contributed by atoms with Gasteiger partial charge in [-0.1, -0.05) is 31.9 Å². The van der Waals surface area contributed by atoms with Gasteiger partial charge in [0.1, 0.15) is 28.8 Å². The summed E-state index contributed by atoms with van der Waals surface area (Å²) < 4.78 is 15.9. The molecule has 156 valence electrons. The second-order valence-electron chi connectivity index (χ2n) is 6.69. The minimum atomic E-state index is -1.08. The van der Waals surface area contributed by atoms with Gasteiger partial charge >= 0.3 is 0 Å². The van der Waals surface area contributed by atoms with Gasteiger partial charge in [0, 0.05) is 6.42 Å². The first-order valence-corrected chi connectivity index (χ1v) is 9.63. The van der Waals surface area contributed by atoms with Gasteiger partial charge in [0.05, 0.1) is 21.3 Å². The minimum absolute atomic E-state index is 0.00127. The Balaban J connectivity index is 2.54. The minimum Gasteiger partial charge on any atom is -0.507 e. The lowest BCUT2D eigenvalue weighted by molar-refractivity contribution is -0.119. The number of phenolic OH excluding ortho intramolecular Hbond substituents is 1. The summed E-state index contributed by atoms with van der Waals surface area (Å²) in [7, 11) is 4.43. The number of phenols is 1. The average Bonchev–Trinajstić information content (AvgIpc) is 2.73. The molecule has 0 heterocycles. The van der Waals surface area contributed by atoms with Gasteiger partial charge in [0.15, 0.2) is 17.3 Å². The van der Waals surface area contributed by atoms with Crippen LogP contribution in [0.15, 0.2) is 36.4 Å². The van der Waals surface area contributed by atoms with Crippen molar-refractivity contribution in [3.63, 3.8) is 0 Å². The monoisotopic (exact) mass is 400 g/mol. The molecule has 6 heteroatoms. The molecule has 2 aromatic carbocycles. The van der Waals surface area contributed by atoms with E-state index < -0.39 is 11.7 Å². The molecule has 2 aromatic rings. The third-order valence-corrected chi connectivity index (χ3v) is 4.82. The number of aromatic hydroxyl groups is 1. The van der Waals surface area contributed by atoms with Gasteiger partial charge in [-0.15, -0.1) is 0 Å². The van der Waals surface area contributed by atoms with E-state index in [0.717, 1.165) is 12.8 Å². The van der Waals surface area contributed by atoms with Crippen LogP contribution in [0.2, 0.25) is 0 Å². The number of rotatable bonds is 11. The zero-order chi connectivity index (χ0) is 21.4. The van der Waals surface area contributed by atoms with Crippen molar-refractivity contribution in [1.29, 1.82) is 0 Å². The largest absolute Gasteiger partial charge is 0.507 e. The highest BCUT2D eigenvalue weighted by molar-refractivity contribution is 6.17. The molecule has 0 spiro atoms. The lowest BCUT2D eigenvalue weighted by atomic mass is 9.84. The second kappa shape index (κ2) is 10.5. The molecule has 0 amide bonds. The first kappa shape index (κ1) is 22.3. The molecular weight excluding hydrogens is 372 g/mol. The van der Waals surface area contributed by atoms with Crippen LogP contribution in [0.25, 0.3) is 0 Å². The van der Waals surface area contributed by atoms with Crippen LogP contribution in [0, 0.1) is 0 Å². The van der Waals surface area contributed by atoms with E-state index in [1.165, 1.54) is 27.4 Å². The molecule has 0 aliphatic heterocycles. The third-order valence-electron chi connectivity index (χ3n) is 4.82. The Morgan fingerprint density at radius 3 is 2.24 bits per heavy atom. The van der Waals surface area contributed by atoms with E-state index in [9.17, 15) is 14.7 Å². The molecule has 1 atom stereocenters. The number of unbranched alkanes of at least 4 members (excludes halogenated alkanes) is 2. The molecule has 0 fully saturated rings. The van der Waals surface area contributed by atoms with E-state index in [1.54, 1.807) is 30.3 Å². The molecule has 0 aliphatic rings. The SMILES string of the molecule is CCCCCC(=O)C(C(=O)c1c(O)cccc1OC)c1ccc(OC)c(OC)c1. The van der Waals surface area contributed by atoms with Crippen LogP contribution in [0.4, 0.5) is 0 Å². The Morgan fingerprint density at radius 2 is 1.62 bits per heavy atom. The summed E-state index contributed by atoms with van der Waals surface area (Å²) in [6, 6.07) is 9.54. The lowest BCUT2D eigenvalue weighted by Crippen LogP contribution is -2.23. The zero-order valence-electron chi connectivity index (χ0n) is 17.4. The summed E-state index contributed by atoms with van der Waals surface area (Å²) in [5.74, 6) is -0.860. The van der Waals surface area contributed by atoms with Gasteiger partial charge in [-0.3, -0.25) is 9.59 Å². The molecule has 2 rings (SSSR count). The third kappa shape index (κ3) is 5.08. The van der Waals surface area contributed by atoms with Gasteiger partial charge in [-0.05, 0) is 36.2 Å². The molecule has 0 saturated carbocycles. The Labute approximate surface area is 171 Å². The van der Waals surface area contributed by atoms with E-state index in [2.05, 4.69) is 0 Å². The molecule has 1 unspecified atom stereocenters. The number of hydrogen-bond acceptors (Lipinski definition) is 6. The summed E-state index contributed by atoms with van der Waals surface area (Å²) in [4.78, 5) is 26.5. The van der Waals surface area contributed by atoms with E-state index in [1.807, 2.05) is 6.92 Å². The predicted molar refractivity (Wildman–Crippen MR) is 110 cm³/mol. The fraction of sp³-hybridized carbons (Fsp3) is 0.391. The van der Waals surface area contributed by atoms with Crippen molar-refractivity contribution >= 4 is 11.6 Å². The number of benzene rings is 2. The summed E-state index contributed by atoms with van der Waals surface area (Å²) in [6.07, 6.45) is 2.84. The van der Waals surface area contributed by atoms with Crippen LogP contribution in [-0.4, -0.2) is 38.0 Å². The van der Waals surface area contributed by atoms with Crippen molar-refractivity contribution in [2.45, 2.75) is 38.5 Å². The number of carbonyl (C=O) groups excluding carboxylic acids is 2. The van der Waals surface area contributed by atoms with Gasteiger partial charge < -0.3 is 19.3 Å². The number of ether oxygens (including phenoxy) is 3. The first-order valence-electron chi connectivity index (χ1n) is 9.63. The average molecular weight is 400 g/mol. The smallest absolute Gasteiger partial charge is 0.185 e. The topological polar surface area (TPSA) is 82.1 Å². The Hall–Kier alpha value is -3.02. The van der Waals surface area contributed by atoms with Crippen molar-refractivity contribution in [3.05, 3.63) is 47.5 Å². The van der Waals surface area contributed by atoms with Crippen molar-refractivity contribution in [2.24, 2.45) is 0 Å². The number of methoxy groups -OCH3 is 3. The van der Waals surface area contributed by atoms with Crippen LogP contribution >= 0.6 is 0 Å². The Morgan fingerprint density at radius 1 is 0.931 bits per heavy atom. The fourth-order valence-electron chi connectivity index (χ4n) is 3.29. The molecule has 29 heavy (non-hydrogen) atoms. The van der Waals surface area contributed by atoms with Crippen LogP contribution < -0.4 is 14.2 Å². The lowest BCUT2D eigenvalue weighted by Gasteiger charge is -2.19. The highest BCUT2D eigenvalue weighted by atomic mass is 16.5. The zero-order valence-corrected chi connectivity index (χ0v) is 17.4. The molecule has 6 nitrogen and oxygen atoms in total. The summed E-state index contributed by atoms with van der Waals surface area (Å²) in [5, 5.41) is 10.3. The van der Waals surface area contributed by atoms with Gasteiger partial charge in [0.2, 0.25) is 0 Å². The normalized spacial score (nSPS) is 11.6. The van der Waals surface area contributed by atoms with E-state index >= 15 is 0 Å². The summed E-state index contributed by atoms with van der Waals surface area (Å²) >= 11 is 0. The van der Waals surface area contributed by atoms with Crippen LogP contribution in [0.1, 0.15) is 54.4 Å². The number of Topliss-reactive ketones (excluding diaryl/α,β-unsaturated/α-hetero) is 2.